The first-order valence-corrected chi connectivity index (χ1v) is 7.18. The Labute approximate surface area is 121 Å². The third-order valence-electron chi connectivity index (χ3n) is 3.07. The highest BCUT2D eigenvalue weighted by Crippen LogP contribution is 2.05. The van der Waals surface area contributed by atoms with Crippen LogP contribution in [0.2, 0.25) is 0 Å². The van der Waals surface area contributed by atoms with Gasteiger partial charge in [0.2, 0.25) is 0 Å². The molecule has 1 aromatic rings. The molecule has 20 heavy (non-hydrogen) atoms. The van der Waals surface area contributed by atoms with E-state index in [9.17, 15) is 9.59 Å². The van der Waals surface area contributed by atoms with Crippen LogP contribution in [-0.4, -0.2) is 41.8 Å². The van der Waals surface area contributed by atoms with Gasteiger partial charge in [-0.25, -0.2) is 0 Å². The molecule has 4 heteroatoms. The van der Waals surface area contributed by atoms with Gasteiger partial charge in [-0.15, -0.1) is 0 Å². The molecule has 0 saturated carbocycles. The van der Waals surface area contributed by atoms with E-state index in [0.717, 1.165) is 18.4 Å². The molecule has 0 aliphatic heterocycles. The van der Waals surface area contributed by atoms with Crippen LogP contribution in [-0.2, 0) is 16.1 Å². The number of likely N-dealkylation sites (N-methyl/N-ethyl adjacent to an activating group) is 1. The van der Waals surface area contributed by atoms with E-state index >= 15 is 0 Å². The molecule has 0 atom stereocenters. The van der Waals surface area contributed by atoms with Gasteiger partial charge in [0.25, 0.3) is 0 Å². The maximum Gasteiger partial charge on any atom is 0.312 e. The predicted octanol–water partition coefficient (Wildman–Crippen LogP) is 2.29. The van der Waals surface area contributed by atoms with Crippen LogP contribution in [0.25, 0.3) is 0 Å². The smallest absolute Gasteiger partial charge is 0.312 e. The van der Waals surface area contributed by atoms with E-state index in [2.05, 4.69) is 0 Å². The summed E-state index contributed by atoms with van der Waals surface area (Å²) in [7, 11) is 1.67. The Morgan fingerprint density at radius 1 is 0.950 bits per heavy atom. The van der Waals surface area contributed by atoms with Crippen molar-refractivity contribution >= 4 is 11.8 Å². The molecule has 0 aliphatic carbocycles. The van der Waals surface area contributed by atoms with E-state index in [1.54, 1.807) is 11.9 Å². The monoisotopic (exact) mass is 276 g/mol. The lowest BCUT2D eigenvalue weighted by atomic mass is 10.2. The minimum absolute atomic E-state index is 0.396. The van der Waals surface area contributed by atoms with Crippen LogP contribution in [0, 0.1) is 0 Å². The van der Waals surface area contributed by atoms with Gasteiger partial charge in [-0.1, -0.05) is 44.2 Å². The number of nitrogens with zero attached hydrogens (tertiary/aromatic N) is 2. The highest BCUT2D eigenvalue weighted by atomic mass is 16.2. The molecule has 1 rings (SSSR count). The van der Waals surface area contributed by atoms with Crippen molar-refractivity contribution in [1.82, 2.24) is 9.80 Å². The van der Waals surface area contributed by atoms with Gasteiger partial charge in [0.15, 0.2) is 0 Å². The van der Waals surface area contributed by atoms with Gasteiger partial charge in [-0.05, 0) is 18.4 Å². The van der Waals surface area contributed by atoms with Crippen LogP contribution >= 0.6 is 0 Å². The Kier molecular flexibility index (Phi) is 6.77. The van der Waals surface area contributed by atoms with Gasteiger partial charge in [-0.2, -0.15) is 0 Å². The molecule has 0 aliphatic rings. The maximum absolute atomic E-state index is 12.2. The van der Waals surface area contributed by atoms with E-state index in [4.69, 9.17) is 0 Å². The molecule has 0 spiro atoms. The lowest BCUT2D eigenvalue weighted by Crippen LogP contribution is -2.44. The zero-order chi connectivity index (χ0) is 15.0. The molecular formula is C16H24N2O2. The summed E-state index contributed by atoms with van der Waals surface area (Å²) in [4.78, 5) is 27.5. The zero-order valence-corrected chi connectivity index (χ0v) is 12.6. The third kappa shape index (κ3) is 4.68. The highest BCUT2D eigenvalue weighted by Gasteiger charge is 2.23. The maximum atomic E-state index is 12.2. The number of carbonyl (C=O) groups excluding carboxylic acids is 2. The lowest BCUT2D eigenvalue weighted by Gasteiger charge is -2.24. The Morgan fingerprint density at radius 2 is 1.50 bits per heavy atom. The minimum Gasteiger partial charge on any atom is -0.334 e. The fourth-order valence-electron chi connectivity index (χ4n) is 2.08. The summed E-state index contributed by atoms with van der Waals surface area (Å²) in [6, 6.07) is 9.68. The number of rotatable bonds is 6. The molecule has 0 unspecified atom stereocenters. The fourth-order valence-corrected chi connectivity index (χ4v) is 2.08. The summed E-state index contributed by atoms with van der Waals surface area (Å²) in [5.41, 5.74) is 1.02. The average Bonchev–Trinajstić information content (AvgIpc) is 2.46. The Balaban J connectivity index is 2.64. The van der Waals surface area contributed by atoms with E-state index in [1.165, 1.54) is 4.90 Å². The summed E-state index contributed by atoms with van der Waals surface area (Å²) >= 11 is 0. The predicted molar refractivity (Wildman–Crippen MR) is 80.1 cm³/mol. The highest BCUT2D eigenvalue weighted by molar-refractivity contribution is 6.34. The molecule has 0 N–H and O–H groups in total. The molecule has 1 aromatic carbocycles. The van der Waals surface area contributed by atoms with Gasteiger partial charge in [-0.3, -0.25) is 9.59 Å². The van der Waals surface area contributed by atoms with Gasteiger partial charge < -0.3 is 9.80 Å². The van der Waals surface area contributed by atoms with Gasteiger partial charge in [0.05, 0.1) is 0 Å². The summed E-state index contributed by atoms with van der Waals surface area (Å²) in [5, 5.41) is 0. The number of hydrogen-bond acceptors (Lipinski definition) is 2. The van der Waals surface area contributed by atoms with Crippen molar-refractivity contribution in [2.75, 3.05) is 20.1 Å². The number of amides is 2. The molecule has 110 valence electrons. The van der Waals surface area contributed by atoms with Gasteiger partial charge in [0.1, 0.15) is 0 Å². The summed E-state index contributed by atoms with van der Waals surface area (Å²) in [6.07, 6.45) is 1.73. The topological polar surface area (TPSA) is 40.6 Å². The van der Waals surface area contributed by atoms with Gasteiger partial charge >= 0.3 is 11.8 Å². The Bertz CT molecular complexity index is 425. The van der Waals surface area contributed by atoms with Crippen molar-refractivity contribution < 1.29 is 9.59 Å². The second kappa shape index (κ2) is 8.35. The van der Waals surface area contributed by atoms with Crippen LogP contribution < -0.4 is 0 Å². The second-order valence-electron chi connectivity index (χ2n) is 4.94. The fraction of sp³-hybridized carbons (Fsp3) is 0.500. The van der Waals surface area contributed by atoms with Crippen LogP contribution in [0.1, 0.15) is 32.3 Å². The first-order chi connectivity index (χ1) is 9.60. The molecule has 0 bridgehead atoms. The Hall–Kier alpha value is -1.84. The van der Waals surface area contributed by atoms with Crippen molar-refractivity contribution in [1.29, 1.82) is 0 Å². The molecule has 2 amide bonds. The molecule has 0 radical (unpaired) electrons. The number of hydrogen-bond donors (Lipinski definition) is 0. The number of carbonyl (C=O) groups is 2. The molecule has 0 fully saturated rings. The molecule has 0 saturated heterocycles. The SMILES string of the molecule is CCCN(CCC)C(=O)C(=O)N(C)Cc1ccccc1. The van der Waals surface area contributed by atoms with E-state index in [1.807, 2.05) is 44.2 Å². The molecule has 0 aromatic heterocycles. The first-order valence-electron chi connectivity index (χ1n) is 7.18. The van der Waals surface area contributed by atoms with Crippen LogP contribution in [0.3, 0.4) is 0 Å². The quantitative estimate of drug-likeness (QED) is 0.748. The van der Waals surface area contributed by atoms with Crippen molar-refractivity contribution in [3.05, 3.63) is 35.9 Å². The molecular weight excluding hydrogens is 252 g/mol. The van der Waals surface area contributed by atoms with Crippen LogP contribution in [0.5, 0.6) is 0 Å². The van der Waals surface area contributed by atoms with E-state index in [0.29, 0.717) is 19.6 Å². The summed E-state index contributed by atoms with van der Waals surface area (Å²) in [5.74, 6) is -0.831. The van der Waals surface area contributed by atoms with E-state index < -0.39 is 11.8 Å². The summed E-state index contributed by atoms with van der Waals surface area (Å²) < 4.78 is 0. The summed E-state index contributed by atoms with van der Waals surface area (Å²) in [6.45, 7) is 5.74. The molecule has 4 nitrogen and oxygen atoms in total. The molecule has 0 heterocycles. The van der Waals surface area contributed by atoms with Crippen LogP contribution in [0.15, 0.2) is 30.3 Å². The van der Waals surface area contributed by atoms with Gasteiger partial charge in [0, 0.05) is 26.7 Å². The average molecular weight is 276 g/mol. The normalized spacial score (nSPS) is 10.2. The number of benzene rings is 1. The standard InChI is InChI=1S/C16H24N2O2/c1-4-11-18(12-5-2)16(20)15(19)17(3)13-14-9-7-6-8-10-14/h6-10H,4-5,11-13H2,1-3H3. The van der Waals surface area contributed by atoms with Crippen molar-refractivity contribution in [2.24, 2.45) is 0 Å². The van der Waals surface area contributed by atoms with Crippen molar-refractivity contribution in [3.8, 4) is 0 Å². The lowest BCUT2D eigenvalue weighted by molar-refractivity contribution is -0.151. The van der Waals surface area contributed by atoms with Crippen molar-refractivity contribution in [2.45, 2.75) is 33.2 Å². The van der Waals surface area contributed by atoms with E-state index in [-0.39, 0.29) is 0 Å². The van der Waals surface area contributed by atoms with Crippen LogP contribution in [0.4, 0.5) is 0 Å². The van der Waals surface area contributed by atoms with Crippen molar-refractivity contribution in [3.63, 3.8) is 0 Å². The second-order valence-corrected chi connectivity index (χ2v) is 4.94. The minimum atomic E-state index is -0.434. The largest absolute Gasteiger partial charge is 0.334 e. The first kappa shape index (κ1) is 16.2. The zero-order valence-electron chi connectivity index (χ0n) is 12.6. The third-order valence-corrected chi connectivity index (χ3v) is 3.07. The Morgan fingerprint density at radius 3 is 2.00 bits per heavy atom.